The molecule has 21 heavy (non-hydrogen) atoms. The van der Waals surface area contributed by atoms with Gasteiger partial charge >= 0.3 is 0 Å². The van der Waals surface area contributed by atoms with Gasteiger partial charge < -0.3 is 11.1 Å². The number of nitrogens with one attached hydrogen (secondary N) is 1. The quantitative estimate of drug-likeness (QED) is 0.883. The average molecular weight is 286 g/mol. The normalized spacial score (nSPS) is 15.2. The second-order valence-corrected chi connectivity index (χ2v) is 5.42. The van der Waals surface area contributed by atoms with Crippen LogP contribution in [0.1, 0.15) is 32.4 Å². The van der Waals surface area contributed by atoms with Crippen molar-refractivity contribution in [2.75, 3.05) is 0 Å². The Bertz CT molecular complexity index is 592. The Morgan fingerprint density at radius 3 is 2.67 bits per heavy atom. The van der Waals surface area contributed by atoms with Crippen LogP contribution in [-0.4, -0.2) is 21.7 Å². The van der Waals surface area contributed by atoms with Crippen LogP contribution in [-0.2, 0) is 4.79 Å². The highest BCUT2D eigenvalue weighted by molar-refractivity contribution is 5.79. The van der Waals surface area contributed by atoms with Crippen LogP contribution in [0.25, 0.3) is 5.69 Å². The molecule has 1 aromatic heterocycles. The van der Waals surface area contributed by atoms with Gasteiger partial charge in [0.1, 0.15) is 0 Å². The summed E-state index contributed by atoms with van der Waals surface area (Å²) in [7, 11) is 0. The van der Waals surface area contributed by atoms with Gasteiger partial charge in [0.05, 0.1) is 11.7 Å². The molecule has 2 rings (SSSR count). The Labute approximate surface area is 125 Å². The molecule has 0 radical (unpaired) electrons. The van der Waals surface area contributed by atoms with Gasteiger partial charge in [0.2, 0.25) is 5.91 Å². The molecule has 1 amide bonds. The molecular formula is C16H22N4O. The van der Waals surface area contributed by atoms with Gasteiger partial charge in [-0.1, -0.05) is 19.1 Å². The number of nitrogens with zero attached hydrogens (tertiary/aromatic N) is 2. The largest absolute Gasteiger partial charge is 0.349 e. The van der Waals surface area contributed by atoms with E-state index in [4.69, 9.17) is 5.73 Å². The van der Waals surface area contributed by atoms with Crippen LogP contribution in [0.15, 0.2) is 42.7 Å². The maximum absolute atomic E-state index is 12.1. The Kier molecular flexibility index (Phi) is 4.75. The van der Waals surface area contributed by atoms with Gasteiger partial charge in [-0.15, -0.1) is 0 Å². The zero-order valence-corrected chi connectivity index (χ0v) is 12.7. The lowest BCUT2D eigenvalue weighted by molar-refractivity contribution is -0.125. The van der Waals surface area contributed by atoms with E-state index in [1.54, 1.807) is 10.9 Å². The topological polar surface area (TPSA) is 72.9 Å². The van der Waals surface area contributed by atoms with Crippen molar-refractivity contribution in [2.24, 2.45) is 11.7 Å². The van der Waals surface area contributed by atoms with E-state index in [-0.39, 0.29) is 23.9 Å². The zero-order chi connectivity index (χ0) is 15.4. The van der Waals surface area contributed by atoms with Crippen molar-refractivity contribution in [2.45, 2.75) is 32.9 Å². The molecule has 3 atom stereocenters. The summed E-state index contributed by atoms with van der Waals surface area (Å²) in [6.45, 7) is 5.65. The number of hydrogen-bond acceptors (Lipinski definition) is 3. The SMILES string of the molecule is CC(NC(=O)C(C)C(C)N)c1cccc(-n2cccn2)c1. The van der Waals surface area contributed by atoms with Gasteiger partial charge in [-0.3, -0.25) is 4.79 Å². The molecule has 0 bridgehead atoms. The Hall–Kier alpha value is -2.14. The fraction of sp³-hybridized carbons (Fsp3) is 0.375. The molecule has 5 heteroatoms. The fourth-order valence-electron chi connectivity index (χ4n) is 2.03. The Morgan fingerprint density at radius 1 is 1.29 bits per heavy atom. The molecule has 0 fully saturated rings. The van der Waals surface area contributed by atoms with Crippen molar-refractivity contribution in [1.29, 1.82) is 0 Å². The minimum atomic E-state index is -0.207. The summed E-state index contributed by atoms with van der Waals surface area (Å²) in [5, 5.41) is 7.21. The molecular weight excluding hydrogens is 264 g/mol. The molecule has 0 saturated heterocycles. The summed E-state index contributed by atoms with van der Waals surface area (Å²) in [6.07, 6.45) is 3.63. The van der Waals surface area contributed by atoms with Crippen LogP contribution in [0.2, 0.25) is 0 Å². The van der Waals surface area contributed by atoms with Crippen LogP contribution in [0.5, 0.6) is 0 Å². The number of carbonyl (C=O) groups excluding carboxylic acids is 1. The summed E-state index contributed by atoms with van der Waals surface area (Å²) in [6, 6.07) is 9.60. The number of amides is 1. The average Bonchev–Trinajstić information content (AvgIpc) is 3.00. The molecule has 0 aliphatic rings. The van der Waals surface area contributed by atoms with Crippen LogP contribution < -0.4 is 11.1 Å². The second kappa shape index (κ2) is 6.54. The van der Waals surface area contributed by atoms with Crippen LogP contribution in [0.4, 0.5) is 0 Å². The van der Waals surface area contributed by atoms with E-state index in [0.717, 1.165) is 11.3 Å². The summed E-state index contributed by atoms with van der Waals surface area (Å²) in [5.74, 6) is -0.233. The first-order valence-electron chi connectivity index (χ1n) is 7.15. The molecule has 1 aromatic carbocycles. The second-order valence-electron chi connectivity index (χ2n) is 5.42. The third kappa shape index (κ3) is 3.70. The highest BCUT2D eigenvalue weighted by Gasteiger charge is 2.19. The lowest BCUT2D eigenvalue weighted by Crippen LogP contribution is -2.39. The summed E-state index contributed by atoms with van der Waals surface area (Å²) in [5.41, 5.74) is 7.77. The van der Waals surface area contributed by atoms with E-state index < -0.39 is 0 Å². The molecule has 3 N–H and O–H groups in total. The first-order chi connectivity index (χ1) is 9.99. The molecule has 0 aliphatic heterocycles. The first-order valence-corrected chi connectivity index (χ1v) is 7.15. The number of rotatable bonds is 5. The molecule has 3 unspecified atom stereocenters. The Balaban J connectivity index is 2.11. The summed E-state index contributed by atoms with van der Waals surface area (Å²) >= 11 is 0. The molecule has 2 aromatic rings. The van der Waals surface area contributed by atoms with Crippen molar-refractivity contribution >= 4 is 5.91 Å². The number of benzene rings is 1. The zero-order valence-electron chi connectivity index (χ0n) is 12.7. The number of carbonyl (C=O) groups is 1. The van der Waals surface area contributed by atoms with Crippen LogP contribution in [0, 0.1) is 5.92 Å². The number of aromatic nitrogens is 2. The number of nitrogens with two attached hydrogens (primary N) is 1. The van der Waals surface area contributed by atoms with Crippen molar-refractivity contribution in [3.63, 3.8) is 0 Å². The number of hydrogen-bond donors (Lipinski definition) is 2. The van der Waals surface area contributed by atoms with Crippen molar-refractivity contribution in [3.05, 3.63) is 48.3 Å². The monoisotopic (exact) mass is 286 g/mol. The van der Waals surface area contributed by atoms with E-state index >= 15 is 0 Å². The van der Waals surface area contributed by atoms with Gasteiger partial charge in [-0.25, -0.2) is 4.68 Å². The highest BCUT2D eigenvalue weighted by Crippen LogP contribution is 2.17. The smallest absolute Gasteiger partial charge is 0.224 e. The minimum absolute atomic E-state index is 0.0259. The minimum Gasteiger partial charge on any atom is -0.349 e. The first kappa shape index (κ1) is 15.3. The molecule has 1 heterocycles. The van der Waals surface area contributed by atoms with Gasteiger partial charge in [0.15, 0.2) is 0 Å². The fourth-order valence-corrected chi connectivity index (χ4v) is 2.03. The van der Waals surface area contributed by atoms with E-state index in [1.165, 1.54) is 0 Å². The van der Waals surface area contributed by atoms with E-state index in [9.17, 15) is 4.79 Å². The summed E-state index contributed by atoms with van der Waals surface area (Å²) in [4.78, 5) is 12.1. The van der Waals surface area contributed by atoms with E-state index in [1.807, 2.05) is 57.3 Å². The maximum atomic E-state index is 12.1. The van der Waals surface area contributed by atoms with Gasteiger partial charge in [0.25, 0.3) is 0 Å². The van der Waals surface area contributed by atoms with Crippen molar-refractivity contribution in [3.8, 4) is 5.69 Å². The van der Waals surface area contributed by atoms with Crippen LogP contribution in [0.3, 0.4) is 0 Å². The van der Waals surface area contributed by atoms with Crippen molar-refractivity contribution < 1.29 is 4.79 Å². The van der Waals surface area contributed by atoms with Gasteiger partial charge in [-0.05, 0) is 37.6 Å². The van der Waals surface area contributed by atoms with E-state index in [2.05, 4.69) is 10.4 Å². The lowest BCUT2D eigenvalue weighted by atomic mass is 10.0. The molecule has 0 spiro atoms. The maximum Gasteiger partial charge on any atom is 0.224 e. The molecule has 112 valence electrons. The van der Waals surface area contributed by atoms with Gasteiger partial charge in [-0.2, -0.15) is 5.10 Å². The molecule has 5 nitrogen and oxygen atoms in total. The highest BCUT2D eigenvalue weighted by atomic mass is 16.1. The Morgan fingerprint density at radius 2 is 2.05 bits per heavy atom. The molecule has 0 saturated carbocycles. The van der Waals surface area contributed by atoms with Crippen molar-refractivity contribution in [1.82, 2.24) is 15.1 Å². The van der Waals surface area contributed by atoms with Crippen LogP contribution >= 0.6 is 0 Å². The predicted octanol–water partition coefficient (Wildman–Crippen LogP) is 2.03. The lowest BCUT2D eigenvalue weighted by Gasteiger charge is -2.20. The predicted molar refractivity (Wildman–Crippen MR) is 82.9 cm³/mol. The van der Waals surface area contributed by atoms with E-state index in [0.29, 0.717) is 0 Å². The third-order valence-electron chi connectivity index (χ3n) is 3.70. The molecule has 0 aliphatic carbocycles. The van der Waals surface area contributed by atoms with Gasteiger partial charge in [0, 0.05) is 24.4 Å². The third-order valence-corrected chi connectivity index (χ3v) is 3.70. The standard InChI is InChI=1S/C16H22N4O/c1-11(12(2)17)16(21)19-13(3)14-6-4-7-15(10-14)20-9-5-8-18-20/h4-13H,17H2,1-3H3,(H,19,21). The summed E-state index contributed by atoms with van der Waals surface area (Å²) < 4.78 is 1.79.